The Labute approximate surface area is 142 Å². The van der Waals surface area contributed by atoms with Crippen molar-refractivity contribution in [3.05, 3.63) is 34.6 Å². The summed E-state index contributed by atoms with van der Waals surface area (Å²) in [6, 6.07) is 7.82. The average Bonchev–Trinajstić information content (AvgIpc) is 3.04. The Morgan fingerprint density at radius 1 is 1.39 bits per heavy atom. The third-order valence-electron chi connectivity index (χ3n) is 3.52. The summed E-state index contributed by atoms with van der Waals surface area (Å²) in [4.78, 5) is 16.3. The van der Waals surface area contributed by atoms with Gasteiger partial charge in [0.2, 0.25) is 5.91 Å². The van der Waals surface area contributed by atoms with E-state index in [1.54, 1.807) is 0 Å². The number of halogens is 1. The number of carbonyl (C=O) groups is 1. The molecule has 1 saturated heterocycles. The first kappa shape index (κ1) is 16.1. The molecule has 122 valence electrons. The van der Waals surface area contributed by atoms with Gasteiger partial charge in [-0.2, -0.15) is 5.10 Å². The van der Waals surface area contributed by atoms with E-state index in [4.69, 9.17) is 4.74 Å². The summed E-state index contributed by atoms with van der Waals surface area (Å²) in [6.45, 7) is 2.39. The van der Waals surface area contributed by atoms with Gasteiger partial charge in [-0.3, -0.25) is 9.89 Å². The zero-order chi connectivity index (χ0) is 16.1. The van der Waals surface area contributed by atoms with Gasteiger partial charge in [0.05, 0.1) is 19.8 Å². The van der Waals surface area contributed by atoms with Crippen molar-refractivity contribution in [3.63, 3.8) is 0 Å². The Hall–Kier alpha value is -1.77. The number of morpholine rings is 1. The Kier molecular flexibility index (Phi) is 5.37. The quantitative estimate of drug-likeness (QED) is 0.726. The number of nitrogens with zero attached hydrogens (tertiary/aromatic N) is 2. The third kappa shape index (κ3) is 4.60. The summed E-state index contributed by atoms with van der Waals surface area (Å²) in [5.41, 5.74) is 0.922. The lowest BCUT2D eigenvalue weighted by Crippen LogP contribution is -2.44. The van der Waals surface area contributed by atoms with E-state index in [-0.39, 0.29) is 11.9 Å². The van der Waals surface area contributed by atoms with Crippen LogP contribution in [0.15, 0.2) is 28.7 Å². The highest BCUT2D eigenvalue weighted by molar-refractivity contribution is 9.10. The molecule has 1 fully saturated rings. The summed E-state index contributed by atoms with van der Waals surface area (Å²) >= 11 is 3.39. The van der Waals surface area contributed by atoms with Crippen LogP contribution in [0, 0.1) is 0 Å². The molecule has 1 amide bonds. The van der Waals surface area contributed by atoms with Crippen LogP contribution >= 0.6 is 15.9 Å². The molecule has 3 N–H and O–H groups in total. The molecule has 0 spiro atoms. The van der Waals surface area contributed by atoms with Gasteiger partial charge in [-0.05, 0) is 12.1 Å². The minimum absolute atomic E-state index is 0.0328. The molecule has 2 aromatic rings. The Bertz CT molecular complexity index is 652. The second-order valence-electron chi connectivity index (χ2n) is 5.32. The van der Waals surface area contributed by atoms with Crippen molar-refractivity contribution in [2.45, 2.75) is 19.0 Å². The minimum atomic E-state index is -0.0328. The number of H-pyrrole nitrogens is 1. The van der Waals surface area contributed by atoms with Gasteiger partial charge >= 0.3 is 0 Å². The lowest BCUT2D eigenvalue weighted by molar-refractivity contribution is -0.122. The summed E-state index contributed by atoms with van der Waals surface area (Å²) in [5, 5.41) is 13.1. The van der Waals surface area contributed by atoms with Gasteiger partial charge in [0.15, 0.2) is 5.82 Å². The minimum Gasteiger partial charge on any atom is -0.378 e. The van der Waals surface area contributed by atoms with Gasteiger partial charge in [0, 0.05) is 29.0 Å². The molecule has 0 saturated carbocycles. The number of carbonyl (C=O) groups excluding carboxylic acids is 1. The average molecular weight is 380 g/mol. The van der Waals surface area contributed by atoms with Crippen molar-refractivity contribution in [1.29, 1.82) is 0 Å². The first-order valence-electron chi connectivity index (χ1n) is 7.46. The molecular weight excluding hydrogens is 362 g/mol. The van der Waals surface area contributed by atoms with E-state index in [1.807, 2.05) is 24.3 Å². The maximum Gasteiger partial charge on any atom is 0.222 e. The lowest BCUT2D eigenvalue weighted by Gasteiger charge is -2.23. The molecule has 8 heteroatoms. The predicted octanol–water partition coefficient (Wildman–Crippen LogP) is 1.23. The number of rotatable bonds is 5. The van der Waals surface area contributed by atoms with Gasteiger partial charge in [-0.15, -0.1) is 0 Å². The normalized spacial score (nSPS) is 17.9. The Balaban J connectivity index is 1.50. The smallest absolute Gasteiger partial charge is 0.222 e. The van der Waals surface area contributed by atoms with Crippen LogP contribution in [0.3, 0.4) is 0 Å². The van der Waals surface area contributed by atoms with Crippen LogP contribution in [0.25, 0.3) is 11.4 Å². The molecule has 7 nitrogen and oxygen atoms in total. The van der Waals surface area contributed by atoms with Crippen LogP contribution in [0.4, 0.5) is 0 Å². The van der Waals surface area contributed by atoms with E-state index >= 15 is 0 Å². The molecule has 1 aliphatic heterocycles. The number of benzene rings is 1. The van der Waals surface area contributed by atoms with Crippen molar-refractivity contribution in [1.82, 2.24) is 25.8 Å². The van der Waals surface area contributed by atoms with E-state index in [2.05, 4.69) is 41.7 Å². The van der Waals surface area contributed by atoms with E-state index in [0.29, 0.717) is 37.8 Å². The fourth-order valence-corrected chi connectivity index (χ4v) is 2.60. The molecule has 23 heavy (non-hydrogen) atoms. The van der Waals surface area contributed by atoms with Crippen molar-refractivity contribution >= 4 is 21.8 Å². The molecule has 0 bridgehead atoms. The zero-order valence-electron chi connectivity index (χ0n) is 12.5. The monoisotopic (exact) mass is 379 g/mol. The number of aromatic amines is 1. The van der Waals surface area contributed by atoms with E-state index in [0.717, 1.165) is 16.6 Å². The highest BCUT2D eigenvalue weighted by atomic mass is 79.9. The third-order valence-corrected chi connectivity index (χ3v) is 4.05. The summed E-state index contributed by atoms with van der Waals surface area (Å²) in [5.74, 6) is 1.21. The predicted molar refractivity (Wildman–Crippen MR) is 88.6 cm³/mol. The Morgan fingerprint density at radius 3 is 2.96 bits per heavy atom. The van der Waals surface area contributed by atoms with E-state index in [1.165, 1.54) is 0 Å². The molecule has 3 rings (SSSR count). The molecular formula is C15H18BrN5O2. The number of hydrogen-bond donors (Lipinski definition) is 3. The van der Waals surface area contributed by atoms with Crippen LogP contribution in [0.1, 0.15) is 12.2 Å². The fourth-order valence-electron chi connectivity index (χ4n) is 2.33. The van der Waals surface area contributed by atoms with E-state index in [9.17, 15) is 4.79 Å². The van der Waals surface area contributed by atoms with Crippen molar-refractivity contribution in [2.75, 3.05) is 19.8 Å². The molecule has 2 heterocycles. The Morgan fingerprint density at radius 2 is 2.22 bits per heavy atom. The highest BCUT2D eigenvalue weighted by Gasteiger charge is 2.17. The standard InChI is InChI=1S/C15H18BrN5O2/c16-11-3-1-10(2-4-11)15-19-13(20-21-15)8-18-14(22)7-12-9-23-6-5-17-12/h1-4,12,17H,5-9H2,(H,18,22)(H,19,20,21). The number of hydrogen-bond acceptors (Lipinski definition) is 5. The first-order chi connectivity index (χ1) is 11.2. The number of aromatic nitrogens is 3. The van der Waals surface area contributed by atoms with Crippen LogP contribution in [0.2, 0.25) is 0 Å². The molecule has 0 aliphatic carbocycles. The summed E-state index contributed by atoms with van der Waals surface area (Å²) < 4.78 is 6.34. The van der Waals surface area contributed by atoms with Crippen LogP contribution in [-0.2, 0) is 16.1 Å². The first-order valence-corrected chi connectivity index (χ1v) is 8.25. The second-order valence-corrected chi connectivity index (χ2v) is 6.24. The number of amides is 1. The van der Waals surface area contributed by atoms with Gasteiger partial charge in [-0.25, -0.2) is 4.98 Å². The van der Waals surface area contributed by atoms with Gasteiger partial charge < -0.3 is 15.4 Å². The van der Waals surface area contributed by atoms with Crippen LogP contribution in [-0.4, -0.2) is 46.9 Å². The van der Waals surface area contributed by atoms with Gasteiger partial charge in [-0.1, -0.05) is 28.1 Å². The van der Waals surface area contributed by atoms with Gasteiger partial charge in [0.25, 0.3) is 0 Å². The maximum atomic E-state index is 11.9. The molecule has 1 aromatic carbocycles. The molecule has 1 aliphatic rings. The number of nitrogens with one attached hydrogen (secondary N) is 3. The molecule has 1 atom stereocenters. The fraction of sp³-hybridized carbons (Fsp3) is 0.400. The molecule has 1 unspecified atom stereocenters. The van der Waals surface area contributed by atoms with Crippen LogP contribution < -0.4 is 10.6 Å². The van der Waals surface area contributed by atoms with Crippen molar-refractivity contribution < 1.29 is 9.53 Å². The summed E-state index contributed by atoms with van der Waals surface area (Å²) in [7, 11) is 0. The topological polar surface area (TPSA) is 91.9 Å². The second kappa shape index (κ2) is 7.67. The SMILES string of the molecule is O=C(CC1COCCN1)NCc1nc(-c2ccc(Br)cc2)n[nH]1. The summed E-state index contributed by atoms with van der Waals surface area (Å²) in [6.07, 6.45) is 0.397. The number of ether oxygens (including phenoxy) is 1. The van der Waals surface area contributed by atoms with Crippen molar-refractivity contribution in [2.24, 2.45) is 0 Å². The van der Waals surface area contributed by atoms with Crippen molar-refractivity contribution in [3.8, 4) is 11.4 Å². The van der Waals surface area contributed by atoms with E-state index < -0.39 is 0 Å². The van der Waals surface area contributed by atoms with Crippen LogP contribution in [0.5, 0.6) is 0 Å². The zero-order valence-corrected chi connectivity index (χ0v) is 14.1. The molecule has 0 radical (unpaired) electrons. The largest absolute Gasteiger partial charge is 0.378 e. The van der Waals surface area contributed by atoms with Gasteiger partial charge in [0.1, 0.15) is 5.82 Å². The molecule has 1 aromatic heterocycles. The highest BCUT2D eigenvalue weighted by Crippen LogP contribution is 2.18. The lowest BCUT2D eigenvalue weighted by atomic mass is 10.2. The maximum absolute atomic E-state index is 11.9.